The van der Waals surface area contributed by atoms with Gasteiger partial charge in [0, 0.05) is 46.3 Å². The minimum absolute atomic E-state index is 0.0919. The van der Waals surface area contributed by atoms with Crippen molar-refractivity contribution in [2.24, 2.45) is 5.92 Å². The highest BCUT2D eigenvalue weighted by atomic mass is 79.9. The summed E-state index contributed by atoms with van der Waals surface area (Å²) in [5.74, 6) is -0.703. The van der Waals surface area contributed by atoms with Crippen LogP contribution in [0.2, 0.25) is 0 Å². The Balaban J connectivity index is 1.94. The summed E-state index contributed by atoms with van der Waals surface area (Å²) in [5.41, 5.74) is 0.414. The Morgan fingerprint density at radius 2 is 1.84 bits per heavy atom. The van der Waals surface area contributed by atoms with Crippen molar-refractivity contribution in [3.8, 4) is 0 Å². The van der Waals surface area contributed by atoms with E-state index in [4.69, 9.17) is 14.4 Å². The molecule has 1 saturated heterocycles. The highest BCUT2D eigenvalue weighted by Crippen LogP contribution is 2.30. The van der Waals surface area contributed by atoms with Gasteiger partial charge in [0.1, 0.15) is 0 Å². The van der Waals surface area contributed by atoms with Crippen LogP contribution in [-0.4, -0.2) is 80.9 Å². The van der Waals surface area contributed by atoms with Gasteiger partial charge in [0.15, 0.2) is 0 Å². The number of rotatable bonds is 9. The van der Waals surface area contributed by atoms with Gasteiger partial charge < -0.3 is 25.0 Å². The lowest BCUT2D eigenvalue weighted by Crippen LogP contribution is -2.54. The fourth-order valence-corrected chi connectivity index (χ4v) is 4.97. The molecule has 1 fully saturated rings. The molecule has 1 aliphatic heterocycles. The molecule has 8 nitrogen and oxygen atoms in total. The molecule has 2 amide bonds. The van der Waals surface area contributed by atoms with Crippen molar-refractivity contribution in [3.05, 3.63) is 31.1 Å². The maximum absolute atomic E-state index is 12.6. The van der Waals surface area contributed by atoms with E-state index in [-0.39, 0.29) is 30.9 Å². The second kappa shape index (κ2) is 14.0. The van der Waals surface area contributed by atoms with Gasteiger partial charge in [0.05, 0.1) is 24.7 Å². The lowest BCUT2D eigenvalue weighted by molar-refractivity contribution is -0.120. The zero-order valence-corrected chi connectivity index (χ0v) is 23.0. The van der Waals surface area contributed by atoms with Gasteiger partial charge in [0.25, 0.3) is 5.91 Å². The van der Waals surface area contributed by atoms with Crippen molar-refractivity contribution in [2.45, 2.75) is 26.2 Å². The smallest absolute Gasteiger partial charge is 0.408 e. The first kappa shape index (κ1) is 27.7. The molecule has 2 rings (SSSR count). The number of hydrogen-bond donors (Lipinski definition) is 3. The Bertz CT molecular complexity index is 777. The van der Waals surface area contributed by atoms with Gasteiger partial charge in [-0.15, -0.1) is 0 Å². The first-order valence-electron chi connectivity index (χ1n) is 10.5. The number of nitrogens with zero attached hydrogens (tertiary/aromatic N) is 1. The third kappa shape index (κ3) is 9.04. The first-order chi connectivity index (χ1) is 15.2. The summed E-state index contributed by atoms with van der Waals surface area (Å²) in [7, 11) is -0.566. The number of halogens is 3. The average Bonchev–Trinajstić information content (AvgIpc) is 2.70. The van der Waals surface area contributed by atoms with Crippen LogP contribution in [0.4, 0.5) is 0 Å². The second-order valence-corrected chi connectivity index (χ2v) is 10.5. The molecule has 0 spiro atoms. The van der Waals surface area contributed by atoms with Crippen LogP contribution in [0.3, 0.4) is 0 Å². The molecule has 1 aromatic carbocycles. The second-order valence-electron chi connectivity index (χ2n) is 7.91. The SMILES string of the molecule is CC(C)C[C@H](NC(=O)CNC(=O)c1cc(Br)cc(Br)c1Br)B1OCCN(CCO)CCO1. The molecular weight excluding hydrogens is 613 g/mol. The number of carbonyl (C=O) groups is 2. The minimum Gasteiger partial charge on any atom is -0.408 e. The van der Waals surface area contributed by atoms with Crippen LogP contribution < -0.4 is 10.6 Å². The molecule has 0 aromatic heterocycles. The van der Waals surface area contributed by atoms with E-state index in [9.17, 15) is 9.59 Å². The maximum atomic E-state index is 12.6. The molecule has 1 aliphatic rings. The third-order valence-electron chi connectivity index (χ3n) is 4.84. The van der Waals surface area contributed by atoms with E-state index in [0.29, 0.717) is 55.2 Å². The lowest BCUT2D eigenvalue weighted by Gasteiger charge is -2.31. The predicted molar refractivity (Wildman–Crippen MR) is 134 cm³/mol. The van der Waals surface area contributed by atoms with Gasteiger partial charge in [-0.2, -0.15) is 0 Å². The van der Waals surface area contributed by atoms with E-state index >= 15 is 0 Å². The molecule has 0 unspecified atom stereocenters. The van der Waals surface area contributed by atoms with Gasteiger partial charge >= 0.3 is 7.12 Å². The number of β-amino-alcohol motifs (C(OH)–C–C–N with tert-alkyl or cyclic N) is 1. The fourth-order valence-electron chi connectivity index (χ4n) is 3.33. The van der Waals surface area contributed by atoms with Crippen LogP contribution >= 0.6 is 47.8 Å². The lowest BCUT2D eigenvalue weighted by atomic mass is 9.73. The Labute approximate surface area is 214 Å². The van der Waals surface area contributed by atoms with Crippen LogP contribution in [0.5, 0.6) is 0 Å². The Morgan fingerprint density at radius 1 is 1.19 bits per heavy atom. The van der Waals surface area contributed by atoms with Gasteiger partial charge in [0.2, 0.25) is 5.91 Å². The summed E-state index contributed by atoms with van der Waals surface area (Å²) in [4.78, 5) is 27.3. The van der Waals surface area contributed by atoms with Gasteiger partial charge in [-0.05, 0) is 56.3 Å². The molecule has 3 N–H and O–H groups in total. The number of amides is 2. The highest BCUT2D eigenvalue weighted by Gasteiger charge is 2.33. The fraction of sp³-hybridized carbons (Fsp3) is 0.600. The molecule has 1 heterocycles. The summed E-state index contributed by atoms with van der Waals surface area (Å²) in [6.45, 7) is 6.90. The van der Waals surface area contributed by atoms with E-state index < -0.39 is 7.12 Å². The third-order valence-corrected chi connectivity index (χ3v) is 7.31. The molecule has 178 valence electrons. The molecule has 32 heavy (non-hydrogen) atoms. The topological polar surface area (TPSA) is 100 Å². The molecule has 12 heteroatoms. The van der Waals surface area contributed by atoms with Gasteiger partial charge in [-0.25, -0.2) is 0 Å². The normalized spacial score (nSPS) is 16.4. The van der Waals surface area contributed by atoms with E-state index in [1.54, 1.807) is 6.07 Å². The maximum Gasteiger partial charge on any atom is 0.480 e. The van der Waals surface area contributed by atoms with Crippen molar-refractivity contribution in [1.29, 1.82) is 0 Å². The summed E-state index contributed by atoms with van der Waals surface area (Å²) in [6.07, 6.45) is 0.675. The molecule has 0 radical (unpaired) electrons. The minimum atomic E-state index is -0.566. The van der Waals surface area contributed by atoms with Crippen LogP contribution in [0.25, 0.3) is 0 Å². The van der Waals surface area contributed by atoms with Crippen LogP contribution in [0, 0.1) is 5.92 Å². The molecule has 0 bridgehead atoms. The van der Waals surface area contributed by atoms with Crippen LogP contribution in [-0.2, 0) is 14.1 Å². The largest absolute Gasteiger partial charge is 0.480 e. The van der Waals surface area contributed by atoms with E-state index in [1.807, 2.05) is 6.07 Å². The highest BCUT2D eigenvalue weighted by molar-refractivity contribution is 9.13. The molecule has 1 aromatic rings. The first-order valence-corrected chi connectivity index (χ1v) is 12.9. The summed E-state index contributed by atoms with van der Waals surface area (Å²) in [5, 5.41) is 14.7. The number of benzene rings is 1. The van der Waals surface area contributed by atoms with Crippen molar-refractivity contribution >= 4 is 66.7 Å². The Hall–Kier alpha value is -0.495. The Morgan fingerprint density at radius 3 is 2.44 bits per heavy atom. The van der Waals surface area contributed by atoms with Crippen molar-refractivity contribution in [2.75, 3.05) is 46.0 Å². The van der Waals surface area contributed by atoms with Crippen molar-refractivity contribution in [3.63, 3.8) is 0 Å². The molecular formula is C20H29BBr3N3O5. The molecule has 1 atom stereocenters. The summed E-state index contributed by atoms with van der Waals surface area (Å²) >= 11 is 10.1. The number of aliphatic hydroxyl groups excluding tert-OH is 1. The van der Waals surface area contributed by atoms with Gasteiger partial charge in [-0.3, -0.25) is 14.5 Å². The van der Waals surface area contributed by atoms with Crippen molar-refractivity contribution in [1.82, 2.24) is 15.5 Å². The van der Waals surface area contributed by atoms with Gasteiger partial charge in [-0.1, -0.05) is 29.8 Å². The van der Waals surface area contributed by atoms with E-state index in [2.05, 4.69) is 77.2 Å². The predicted octanol–water partition coefficient (Wildman–Crippen LogP) is 2.60. The number of carbonyl (C=O) groups excluding carboxylic acids is 2. The average molecular weight is 642 g/mol. The van der Waals surface area contributed by atoms with Crippen LogP contribution in [0.1, 0.15) is 30.6 Å². The van der Waals surface area contributed by atoms with E-state index in [1.165, 1.54) is 0 Å². The number of hydrogen-bond acceptors (Lipinski definition) is 6. The van der Waals surface area contributed by atoms with Crippen molar-refractivity contribution < 1.29 is 24.0 Å². The molecule has 0 aliphatic carbocycles. The number of nitrogens with one attached hydrogen (secondary N) is 2. The summed E-state index contributed by atoms with van der Waals surface area (Å²) < 4.78 is 13.9. The zero-order valence-electron chi connectivity index (χ0n) is 18.2. The molecule has 0 saturated carbocycles. The summed E-state index contributed by atoms with van der Waals surface area (Å²) in [6, 6.07) is 3.50. The zero-order chi connectivity index (χ0) is 23.7. The standard InChI is InChI=1S/C20H29BBr3N3O5/c1-13(2)9-17(21-31-7-4-27(3-6-28)5-8-32-21)26-18(29)12-25-20(30)15-10-14(22)11-16(23)19(15)24/h10-11,13,17,28H,3-9,12H2,1-2H3,(H,25,30)(H,26,29)/t17-/m0/s1. The monoisotopic (exact) mass is 639 g/mol. The quantitative estimate of drug-likeness (QED) is 0.283. The Kier molecular flexibility index (Phi) is 12.2. The number of aliphatic hydroxyl groups is 1. The van der Waals surface area contributed by atoms with E-state index in [0.717, 1.165) is 8.95 Å². The van der Waals surface area contributed by atoms with Crippen LogP contribution in [0.15, 0.2) is 25.6 Å².